The van der Waals surface area contributed by atoms with Crippen LogP contribution in [0.2, 0.25) is 0 Å². The van der Waals surface area contributed by atoms with Crippen LogP contribution in [-0.4, -0.2) is 44.6 Å². The van der Waals surface area contributed by atoms with Crippen molar-refractivity contribution in [3.63, 3.8) is 0 Å². The molecule has 2 aromatic rings. The molecule has 7 nitrogen and oxygen atoms in total. The van der Waals surface area contributed by atoms with Crippen molar-refractivity contribution in [2.24, 2.45) is 5.92 Å². The zero-order valence-electron chi connectivity index (χ0n) is 19.1. The molecule has 0 saturated carbocycles. The molecule has 2 atom stereocenters. The van der Waals surface area contributed by atoms with Gasteiger partial charge in [-0.25, -0.2) is 0 Å². The number of thioether (sulfide) groups is 1. The lowest BCUT2D eigenvalue weighted by Gasteiger charge is -2.29. The Labute approximate surface area is 189 Å². The third kappa shape index (κ3) is 5.21. The zero-order valence-corrected chi connectivity index (χ0v) is 19.9. The number of benzene rings is 1. The fourth-order valence-electron chi connectivity index (χ4n) is 3.43. The van der Waals surface area contributed by atoms with Crippen LogP contribution < -0.4 is 10.2 Å². The topological polar surface area (TPSA) is 86.8 Å². The molecule has 0 radical (unpaired) electrons. The fraction of sp³-hybridized carbons (Fsp3) is 0.565. The van der Waals surface area contributed by atoms with Crippen molar-refractivity contribution in [1.29, 1.82) is 5.26 Å². The molecule has 3 rings (SSSR count). The van der Waals surface area contributed by atoms with E-state index < -0.39 is 10.8 Å². The quantitative estimate of drug-likeness (QED) is 0.652. The molecule has 0 bridgehead atoms. The van der Waals surface area contributed by atoms with Crippen molar-refractivity contribution < 1.29 is 4.79 Å². The van der Waals surface area contributed by atoms with E-state index in [1.165, 1.54) is 23.7 Å². The Balaban J connectivity index is 1.88. The first kappa shape index (κ1) is 23.1. The first-order valence-electron chi connectivity index (χ1n) is 10.9. The summed E-state index contributed by atoms with van der Waals surface area (Å²) >= 11 is 1.37. The van der Waals surface area contributed by atoms with E-state index in [0.717, 1.165) is 37.6 Å². The number of carbonyl (C=O) groups is 1. The average molecular weight is 441 g/mol. The molecule has 1 aromatic carbocycles. The largest absolute Gasteiger partial charge is 0.341 e. The number of carbonyl (C=O) groups excluding carboxylic acids is 1. The first-order valence-corrected chi connectivity index (χ1v) is 11.8. The second-order valence-corrected chi connectivity index (χ2v) is 10.0. The van der Waals surface area contributed by atoms with Gasteiger partial charge in [-0.15, -0.1) is 10.2 Å². The molecule has 1 amide bonds. The van der Waals surface area contributed by atoms with E-state index in [2.05, 4.69) is 57.7 Å². The Morgan fingerprint density at radius 3 is 2.39 bits per heavy atom. The molecule has 31 heavy (non-hydrogen) atoms. The van der Waals surface area contributed by atoms with E-state index in [1.54, 1.807) is 6.92 Å². The van der Waals surface area contributed by atoms with E-state index in [4.69, 9.17) is 0 Å². The van der Waals surface area contributed by atoms with Gasteiger partial charge in [-0.05, 0) is 58.1 Å². The van der Waals surface area contributed by atoms with Gasteiger partial charge < -0.3 is 10.2 Å². The van der Waals surface area contributed by atoms with Crippen LogP contribution in [-0.2, 0) is 4.79 Å². The van der Waals surface area contributed by atoms with Crippen molar-refractivity contribution in [1.82, 2.24) is 20.1 Å². The van der Waals surface area contributed by atoms with E-state index in [-0.39, 0.29) is 11.8 Å². The highest BCUT2D eigenvalue weighted by Gasteiger charge is 2.32. The lowest BCUT2D eigenvalue weighted by molar-refractivity contribution is -0.121. The normalized spacial score (nSPS) is 17.1. The monoisotopic (exact) mass is 440 g/mol. The highest BCUT2D eigenvalue weighted by atomic mass is 32.2. The Morgan fingerprint density at radius 1 is 1.16 bits per heavy atom. The average Bonchev–Trinajstić information content (AvgIpc) is 3.18. The number of rotatable bonds is 7. The molecule has 1 N–H and O–H groups in total. The van der Waals surface area contributed by atoms with Crippen molar-refractivity contribution >= 4 is 23.6 Å². The van der Waals surface area contributed by atoms with Crippen molar-refractivity contribution in [3.8, 4) is 11.8 Å². The van der Waals surface area contributed by atoms with E-state index in [9.17, 15) is 10.1 Å². The number of nitrogens with zero attached hydrogens (tertiary/aromatic N) is 5. The number of piperidine rings is 1. The second-order valence-electron chi connectivity index (χ2n) is 8.72. The molecule has 2 heterocycles. The minimum absolute atomic E-state index is 0.000524. The SMILES string of the molecule is Cc1ccc(-n2c(S[C@@H](C)C(=O)N[C@](C)(C#N)C(C)C)nnc2N2CCCCC2)cc1. The molecule has 0 spiro atoms. The zero-order chi connectivity index (χ0) is 22.6. The highest BCUT2D eigenvalue weighted by molar-refractivity contribution is 8.00. The Kier molecular flexibility index (Phi) is 7.26. The predicted octanol–water partition coefficient (Wildman–Crippen LogP) is 4.10. The third-order valence-corrected chi connectivity index (χ3v) is 7.01. The van der Waals surface area contributed by atoms with Gasteiger partial charge in [0, 0.05) is 13.1 Å². The van der Waals surface area contributed by atoms with E-state index in [1.807, 2.05) is 25.3 Å². The van der Waals surface area contributed by atoms with Crippen LogP contribution in [0.4, 0.5) is 5.95 Å². The maximum Gasteiger partial charge on any atom is 0.234 e. The number of nitrogens with one attached hydrogen (secondary N) is 1. The molecule has 1 aromatic heterocycles. The smallest absolute Gasteiger partial charge is 0.234 e. The number of amides is 1. The summed E-state index contributed by atoms with van der Waals surface area (Å²) in [5.74, 6) is 0.643. The Hall–Kier alpha value is -2.53. The summed E-state index contributed by atoms with van der Waals surface area (Å²) in [6, 6.07) is 10.5. The summed E-state index contributed by atoms with van der Waals surface area (Å²) in [7, 11) is 0. The maximum absolute atomic E-state index is 12.9. The van der Waals surface area contributed by atoms with E-state index >= 15 is 0 Å². The Morgan fingerprint density at radius 2 is 1.81 bits per heavy atom. The first-order chi connectivity index (χ1) is 14.7. The minimum Gasteiger partial charge on any atom is -0.341 e. The number of hydrogen-bond acceptors (Lipinski definition) is 6. The van der Waals surface area contributed by atoms with Crippen LogP contribution >= 0.6 is 11.8 Å². The van der Waals surface area contributed by atoms with Gasteiger partial charge in [-0.3, -0.25) is 9.36 Å². The summed E-state index contributed by atoms with van der Waals surface area (Å²) in [4.78, 5) is 15.2. The van der Waals surface area contributed by atoms with Gasteiger partial charge in [0.1, 0.15) is 5.54 Å². The molecule has 166 valence electrons. The lowest BCUT2D eigenvalue weighted by Crippen LogP contribution is -2.51. The molecule has 0 unspecified atom stereocenters. The van der Waals surface area contributed by atoms with Gasteiger partial charge in [0.15, 0.2) is 5.16 Å². The molecular weight excluding hydrogens is 408 g/mol. The maximum atomic E-state index is 12.9. The third-order valence-electron chi connectivity index (χ3n) is 5.97. The van der Waals surface area contributed by atoms with Crippen molar-refractivity contribution in [3.05, 3.63) is 29.8 Å². The number of aromatic nitrogens is 3. The van der Waals surface area contributed by atoms with Crippen LogP contribution in [0.25, 0.3) is 5.69 Å². The standard InChI is InChI=1S/C23H32N6OS/c1-16(2)23(5,15-24)25-20(30)18(4)31-22-27-26-21(28-13-7-6-8-14-28)29(22)19-11-9-17(3)10-12-19/h9-12,16,18H,6-8,13-14H2,1-5H3,(H,25,30)/t18-,23+/m0/s1. The summed E-state index contributed by atoms with van der Waals surface area (Å²) in [6.45, 7) is 11.4. The molecule has 1 fully saturated rings. The Bertz CT molecular complexity index is 942. The van der Waals surface area contributed by atoms with Crippen LogP contribution in [0.3, 0.4) is 0 Å². The highest BCUT2D eigenvalue weighted by Crippen LogP contribution is 2.31. The van der Waals surface area contributed by atoms with Crippen molar-refractivity contribution in [2.45, 2.75) is 69.8 Å². The van der Waals surface area contributed by atoms with Gasteiger partial charge in [0.2, 0.25) is 11.9 Å². The number of anilines is 1. The molecule has 8 heteroatoms. The number of hydrogen-bond donors (Lipinski definition) is 1. The molecule has 1 saturated heterocycles. The molecule has 1 aliphatic rings. The summed E-state index contributed by atoms with van der Waals surface area (Å²) < 4.78 is 2.05. The van der Waals surface area contributed by atoms with E-state index in [0.29, 0.717) is 5.16 Å². The lowest BCUT2D eigenvalue weighted by atomic mass is 9.90. The van der Waals surface area contributed by atoms with Crippen molar-refractivity contribution in [2.75, 3.05) is 18.0 Å². The van der Waals surface area contributed by atoms with Crippen LogP contribution in [0.1, 0.15) is 52.5 Å². The number of nitriles is 1. The molecular formula is C23H32N6OS. The van der Waals surface area contributed by atoms with Gasteiger partial charge >= 0.3 is 0 Å². The van der Waals surface area contributed by atoms with Gasteiger partial charge in [0.05, 0.1) is 17.0 Å². The minimum atomic E-state index is -0.907. The van der Waals surface area contributed by atoms with Crippen LogP contribution in [0.5, 0.6) is 0 Å². The van der Waals surface area contributed by atoms with Gasteiger partial charge in [-0.1, -0.05) is 43.3 Å². The van der Waals surface area contributed by atoms with Crippen LogP contribution in [0.15, 0.2) is 29.4 Å². The fourth-order valence-corrected chi connectivity index (χ4v) is 4.29. The predicted molar refractivity (Wildman–Crippen MR) is 124 cm³/mol. The van der Waals surface area contributed by atoms with Gasteiger partial charge in [0.25, 0.3) is 0 Å². The second kappa shape index (κ2) is 9.73. The number of aryl methyl sites for hydroxylation is 1. The summed E-state index contributed by atoms with van der Waals surface area (Å²) in [5.41, 5.74) is 1.26. The van der Waals surface area contributed by atoms with Crippen LogP contribution in [0, 0.1) is 24.2 Å². The summed E-state index contributed by atoms with van der Waals surface area (Å²) in [6.07, 6.45) is 3.52. The van der Waals surface area contributed by atoms with Gasteiger partial charge in [-0.2, -0.15) is 5.26 Å². The molecule has 0 aliphatic carbocycles. The summed E-state index contributed by atoms with van der Waals surface area (Å²) in [5, 5.41) is 21.7. The molecule has 1 aliphatic heterocycles.